The summed E-state index contributed by atoms with van der Waals surface area (Å²) in [5.74, 6) is 0.242. The van der Waals surface area contributed by atoms with Crippen LogP contribution in [0.5, 0.6) is 0 Å². The lowest BCUT2D eigenvalue weighted by Crippen LogP contribution is -2.23. The largest absolute Gasteiger partial charge is 0.396 e. The molecule has 6 heteroatoms. The number of aliphatic hydroxyl groups excluding tert-OH is 1. The van der Waals surface area contributed by atoms with Crippen molar-refractivity contribution in [3.05, 3.63) is 69.5 Å². The zero-order chi connectivity index (χ0) is 27.0. The average molecular weight is 504 g/mol. The normalized spacial score (nSPS) is 11.7. The van der Waals surface area contributed by atoms with E-state index in [1.165, 1.54) is 5.57 Å². The van der Waals surface area contributed by atoms with Gasteiger partial charge in [-0.25, -0.2) is 0 Å². The van der Waals surface area contributed by atoms with Crippen LogP contribution < -0.4 is 0 Å². The summed E-state index contributed by atoms with van der Waals surface area (Å²) in [6.07, 6.45) is 5.46. The molecule has 35 heavy (non-hydrogen) atoms. The number of nitrogens with zero attached hydrogens (tertiary/aromatic N) is 3. The molecule has 5 nitrogen and oxygen atoms in total. The van der Waals surface area contributed by atoms with Gasteiger partial charge in [-0.1, -0.05) is 63.1 Å². The Morgan fingerprint density at radius 1 is 1.06 bits per heavy atom. The van der Waals surface area contributed by atoms with Crippen molar-refractivity contribution >= 4 is 23.6 Å². The predicted octanol–water partition coefficient (Wildman–Crippen LogP) is 6.69. The van der Waals surface area contributed by atoms with Crippen molar-refractivity contribution in [1.29, 1.82) is 0 Å². The second-order valence-electron chi connectivity index (χ2n) is 8.34. The van der Waals surface area contributed by atoms with Gasteiger partial charge in [-0.2, -0.15) is 0 Å². The fraction of sp³-hybridized carbons (Fsp3) is 0.517. The smallest absolute Gasteiger partial charge is 0.253 e. The summed E-state index contributed by atoms with van der Waals surface area (Å²) in [5, 5.41) is 10.3. The first-order valence-electron chi connectivity index (χ1n) is 12.6. The molecule has 196 valence electrons. The molecule has 0 spiro atoms. The van der Waals surface area contributed by atoms with E-state index >= 15 is 0 Å². The summed E-state index contributed by atoms with van der Waals surface area (Å²) in [5.41, 5.74) is 4.95. The molecule has 1 heterocycles. The number of aryl methyl sites for hydroxylation is 1. The van der Waals surface area contributed by atoms with E-state index in [4.69, 9.17) is 11.6 Å². The van der Waals surface area contributed by atoms with E-state index in [1.807, 2.05) is 65.0 Å². The van der Waals surface area contributed by atoms with Crippen molar-refractivity contribution < 1.29 is 9.90 Å². The van der Waals surface area contributed by atoms with Crippen LogP contribution in [0.25, 0.3) is 6.08 Å². The molecule has 1 unspecified atom stereocenters. The van der Waals surface area contributed by atoms with Gasteiger partial charge in [0.15, 0.2) is 0 Å². The molecule has 0 radical (unpaired) electrons. The molecule has 0 saturated heterocycles. The monoisotopic (exact) mass is 503 g/mol. The third-order valence-corrected chi connectivity index (χ3v) is 5.75. The molecule has 0 aliphatic heterocycles. The summed E-state index contributed by atoms with van der Waals surface area (Å²) in [7, 11) is 5.60. The Balaban J connectivity index is 0.00000274. The Bertz CT molecular complexity index is 875. The topological polar surface area (TPSA) is 56.7 Å². The van der Waals surface area contributed by atoms with Crippen LogP contribution in [-0.4, -0.2) is 66.6 Å². The first kappa shape index (κ1) is 32.8. The Morgan fingerprint density at radius 2 is 1.66 bits per heavy atom. The number of carbonyl (C=O) groups excluding carboxylic acids is 1. The molecular formula is C29H46ClN3O2. The molecule has 2 rings (SSSR count). The lowest BCUT2D eigenvalue weighted by atomic mass is 9.91. The van der Waals surface area contributed by atoms with E-state index in [9.17, 15) is 9.90 Å². The third kappa shape index (κ3) is 11.4. The molecule has 0 fully saturated rings. The fourth-order valence-corrected chi connectivity index (χ4v) is 3.93. The number of hydrogen-bond acceptors (Lipinski definition) is 4. The molecule has 2 aromatic rings. The Hall–Kier alpha value is -2.21. The first-order chi connectivity index (χ1) is 16.7. The Labute approximate surface area is 218 Å². The molecule has 0 saturated carbocycles. The number of halogens is 1. The molecule has 0 aliphatic rings. The number of aromatic nitrogens is 1. The van der Waals surface area contributed by atoms with E-state index in [1.54, 1.807) is 25.2 Å². The van der Waals surface area contributed by atoms with E-state index in [0.717, 1.165) is 36.3 Å². The van der Waals surface area contributed by atoms with Crippen LogP contribution in [0.3, 0.4) is 0 Å². The minimum absolute atomic E-state index is 0.00351. The lowest BCUT2D eigenvalue weighted by Gasteiger charge is -2.22. The highest BCUT2D eigenvalue weighted by Gasteiger charge is 2.14. The molecule has 1 amide bonds. The van der Waals surface area contributed by atoms with Gasteiger partial charge in [-0.3, -0.25) is 9.78 Å². The number of benzene rings is 1. The highest BCUT2D eigenvalue weighted by molar-refractivity contribution is 6.32. The summed E-state index contributed by atoms with van der Waals surface area (Å²) < 4.78 is 0. The molecule has 1 aromatic heterocycles. The first-order valence-corrected chi connectivity index (χ1v) is 13.0. The van der Waals surface area contributed by atoms with Crippen LogP contribution in [0.4, 0.5) is 0 Å². The van der Waals surface area contributed by atoms with Crippen LogP contribution >= 0.6 is 11.6 Å². The number of amides is 1. The van der Waals surface area contributed by atoms with E-state index in [2.05, 4.69) is 29.9 Å². The summed E-state index contributed by atoms with van der Waals surface area (Å²) >= 11 is 6.32. The maximum atomic E-state index is 12.1. The zero-order valence-electron chi connectivity index (χ0n) is 23.2. The van der Waals surface area contributed by atoms with Gasteiger partial charge >= 0.3 is 0 Å². The van der Waals surface area contributed by atoms with Crippen molar-refractivity contribution in [2.24, 2.45) is 0 Å². The van der Waals surface area contributed by atoms with Crippen molar-refractivity contribution in [1.82, 2.24) is 14.8 Å². The maximum Gasteiger partial charge on any atom is 0.253 e. The van der Waals surface area contributed by atoms with Crippen molar-refractivity contribution in [2.75, 3.05) is 40.8 Å². The van der Waals surface area contributed by atoms with E-state index < -0.39 is 0 Å². The van der Waals surface area contributed by atoms with Gasteiger partial charge in [-0.05, 0) is 70.0 Å². The predicted molar refractivity (Wildman–Crippen MR) is 151 cm³/mol. The second kappa shape index (κ2) is 18.1. The Kier molecular flexibility index (Phi) is 17.0. The number of likely N-dealkylation sites (N-methyl/N-ethyl adjacent to an activating group) is 1. The van der Waals surface area contributed by atoms with E-state index in [0.29, 0.717) is 17.0 Å². The SMILES string of the molecule is C/C(=C\c1c(Cl)ccnc1C)CN(C)CCC(CCO)c1ccc(C(=O)N(C)C)cc1.CC.CC. The van der Waals surface area contributed by atoms with Gasteiger partial charge in [0, 0.05) is 50.3 Å². The molecular weight excluding hydrogens is 458 g/mol. The highest BCUT2D eigenvalue weighted by Crippen LogP contribution is 2.25. The quantitative estimate of drug-likeness (QED) is 0.392. The molecule has 1 N–H and O–H groups in total. The van der Waals surface area contributed by atoms with Crippen molar-refractivity contribution in [2.45, 2.75) is 60.3 Å². The summed E-state index contributed by atoms with van der Waals surface area (Å²) in [6.45, 7) is 13.9. The number of carbonyl (C=O) groups is 1. The van der Waals surface area contributed by atoms with Crippen LogP contribution in [-0.2, 0) is 0 Å². The van der Waals surface area contributed by atoms with Crippen LogP contribution in [0.15, 0.2) is 42.1 Å². The number of hydrogen-bond donors (Lipinski definition) is 1. The molecule has 0 aliphatic carbocycles. The summed E-state index contributed by atoms with van der Waals surface area (Å²) in [4.78, 5) is 20.3. The molecule has 1 aromatic carbocycles. The maximum absolute atomic E-state index is 12.1. The minimum atomic E-state index is -0.00351. The standard InChI is InChI=1S/C25H34ClN3O2.2C2H6/c1-18(16-23-19(2)27-13-10-24(23)26)17-29(5)14-11-21(12-15-30)20-6-8-22(9-7-20)25(31)28(3)4;2*1-2/h6-10,13,16,21,30H,11-12,14-15,17H2,1-5H3;2*1-2H3/b18-16+;;. The van der Waals surface area contributed by atoms with E-state index in [-0.39, 0.29) is 18.4 Å². The van der Waals surface area contributed by atoms with Gasteiger partial charge in [0.1, 0.15) is 0 Å². The number of aliphatic hydroxyl groups is 1. The van der Waals surface area contributed by atoms with Gasteiger partial charge in [0.25, 0.3) is 5.91 Å². The van der Waals surface area contributed by atoms with Gasteiger partial charge in [0.2, 0.25) is 0 Å². The van der Waals surface area contributed by atoms with Crippen molar-refractivity contribution in [3.63, 3.8) is 0 Å². The lowest BCUT2D eigenvalue weighted by molar-refractivity contribution is 0.0827. The van der Waals surface area contributed by atoms with Gasteiger partial charge in [0.05, 0.1) is 5.02 Å². The molecule has 0 bridgehead atoms. The summed E-state index contributed by atoms with van der Waals surface area (Å²) in [6, 6.07) is 9.58. The average Bonchev–Trinajstić information content (AvgIpc) is 2.86. The highest BCUT2D eigenvalue weighted by atomic mass is 35.5. The van der Waals surface area contributed by atoms with Gasteiger partial charge in [-0.15, -0.1) is 0 Å². The molecule has 1 atom stereocenters. The van der Waals surface area contributed by atoms with Crippen LogP contribution in [0, 0.1) is 6.92 Å². The number of pyridine rings is 1. The fourth-order valence-electron chi connectivity index (χ4n) is 3.68. The Morgan fingerprint density at radius 3 is 2.17 bits per heavy atom. The van der Waals surface area contributed by atoms with Crippen molar-refractivity contribution in [3.8, 4) is 0 Å². The van der Waals surface area contributed by atoms with Crippen LogP contribution in [0.2, 0.25) is 5.02 Å². The minimum Gasteiger partial charge on any atom is -0.396 e. The second-order valence-corrected chi connectivity index (χ2v) is 8.75. The number of rotatable bonds is 10. The van der Waals surface area contributed by atoms with Gasteiger partial charge < -0.3 is 14.9 Å². The third-order valence-electron chi connectivity index (χ3n) is 5.42. The van der Waals surface area contributed by atoms with Crippen LogP contribution in [0.1, 0.15) is 80.6 Å². The zero-order valence-corrected chi connectivity index (χ0v) is 24.0.